The average Bonchev–Trinajstić information content (AvgIpc) is 2.62. The molecule has 0 fully saturated rings. The van der Waals surface area contributed by atoms with Crippen LogP contribution < -0.4 is 4.74 Å². The predicted octanol–water partition coefficient (Wildman–Crippen LogP) is 7.98. The summed E-state index contributed by atoms with van der Waals surface area (Å²) in [4.78, 5) is 0. The van der Waals surface area contributed by atoms with Crippen LogP contribution in [-0.2, 0) is 6.42 Å². The van der Waals surface area contributed by atoms with Crippen LogP contribution in [0.5, 0.6) is 11.5 Å². The summed E-state index contributed by atoms with van der Waals surface area (Å²) in [6.07, 6.45) is 15.6. The molecule has 160 valence electrons. The summed E-state index contributed by atoms with van der Waals surface area (Å²) in [5, 5.41) is 10.3. The Balaban J connectivity index is 1.79. The summed E-state index contributed by atoms with van der Waals surface area (Å²) in [7, 11) is 0. The number of allylic oxidation sites excluding steroid dienone is 6. The number of hydrogen-bond donors (Lipinski definition) is 1. The Morgan fingerprint density at radius 1 is 1.00 bits per heavy atom. The minimum atomic E-state index is -0.196. The largest absolute Gasteiger partial charge is 0.504 e. The number of ether oxygens (including phenoxy) is 1. The number of fused-ring (bicyclic) bond motifs is 1. The standard InChI is InChI=1S/C27H40O2/c1-20(2)10-7-11-21(3)12-8-13-22(4)14-9-16-27(6)17-15-24-18-23(5)19-25(28)26(24)29-27/h10,12,14,18-19,28H,7-9,11,13,15-17H2,1-6H3/b21-12+,22-14+. The minimum Gasteiger partial charge on any atom is -0.504 e. The van der Waals surface area contributed by atoms with Crippen molar-refractivity contribution in [2.75, 3.05) is 0 Å². The highest BCUT2D eigenvalue weighted by Gasteiger charge is 2.32. The van der Waals surface area contributed by atoms with Crippen LogP contribution in [-0.4, -0.2) is 10.7 Å². The van der Waals surface area contributed by atoms with Gasteiger partial charge < -0.3 is 9.84 Å². The van der Waals surface area contributed by atoms with Gasteiger partial charge in [0.2, 0.25) is 0 Å². The first-order chi connectivity index (χ1) is 13.7. The third kappa shape index (κ3) is 7.76. The highest BCUT2D eigenvalue weighted by atomic mass is 16.5. The molecule has 0 saturated carbocycles. The summed E-state index contributed by atoms with van der Waals surface area (Å²) in [6.45, 7) is 13.0. The molecule has 1 aliphatic heterocycles. The maximum absolute atomic E-state index is 10.3. The normalized spacial score (nSPS) is 19.5. The van der Waals surface area contributed by atoms with Crippen molar-refractivity contribution >= 4 is 0 Å². The topological polar surface area (TPSA) is 29.5 Å². The molecule has 2 heteroatoms. The van der Waals surface area contributed by atoms with Gasteiger partial charge in [0, 0.05) is 0 Å². The van der Waals surface area contributed by atoms with Crippen molar-refractivity contribution in [1.29, 1.82) is 0 Å². The van der Waals surface area contributed by atoms with E-state index in [1.165, 1.54) is 16.7 Å². The van der Waals surface area contributed by atoms with Crippen molar-refractivity contribution in [3.63, 3.8) is 0 Å². The van der Waals surface area contributed by atoms with E-state index in [4.69, 9.17) is 4.74 Å². The highest BCUT2D eigenvalue weighted by Crippen LogP contribution is 2.42. The molecule has 0 spiro atoms. The van der Waals surface area contributed by atoms with Gasteiger partial charge in [0.15, 0.2) is 11.5 Å². The zero-order valence-electron chi connectivity index (χ0n) is 19.4. The lowest BCUT2D eigenvalue weighted by molar-refractivity contribution is 0.0537. The summed E-state index contributed by atoms with van der Waals surface area (Å²) >= 11 is 0. The summed E-state index contributed by atoms with van der Waals surface area (Å²) in [5.41, 5.74) is 6.38. The summed E-state index contributed by atoms with van der Waals surface area (Å²) in [6, 6.07) is 3.93. The Hall–Kier alpha value is -1.96. The van der Waals surface area contributed by atoms with E-state index in [9.17, 15) is 5.11 Å². The van der Waals surface area contributed by atoms with Crippen molar-refractivity contribution in [3.8, 4) is 11.5 Å². The fourth-order valence-electron chi connectivity index (χ4n) is 3.97. The van der Waals surface area contributed by atoms with Gasteiger partial charge in [0.1, 0.15) is 5.60 Å². The molecule has 1 heterocycles. The molecule has 1 atom stereocenters. The van der Waals surface area contributed by atoms with Gasteiger partial charge in [0.05, 0.1) is 0 Å². The molecule has 0 amide bonds. The van der Waals surface area contributed by atoms with E-state index in [0.29, 0.717) is 5.75 Å². The Morgan fingerprint density at radius 3 is 2.28 bits per heavy atom. The number of hydrogen-bond acceptors (Lipinski definition) is 2. The lowest BCUT2D eigenvalue weighted by Crippen LogP contribution is -2.36. The molecule has 0 saturated heterocycles. The van der Waals surface area contributed by atoms with Gasteiger partial charge in [0.25, 0.3) is 0 Å². The molecular formula is C27H40O2. The molecule has 1 unspecified atom stereocenters. The van der Waals surface area contributed by atoms with Crippen LogP contribution in [0.4, 0.5) is 0 Å². The van der Waals surface area contributed by atoms with Crippen LogP contribution in [0.25, 0.3) is 0 Å². The molecule has 1 aromatic rings. The van der Waals surface area contributed by atoms with E-state index in [1.54, 1.807) is 6.07 Å². The first-order valence-corrected chi connectivity index (χ1v) is 11.1. The van der Waals surface area contributed by atoms with Gasteiger partial charge in [-0.3, -0.25) is 0 Å². The first kappa shape index (κ1) is 23.3. The van der Waals surface area contributed by atoms with Gasteiger partial charge in [-0.25, -0.2) is 0 Å². The van der Waals surface area contributed by atoms with Crippen LogP contribution in [0.3, 0.4) is 0 Å². The van der Waals surface area contributed by atoms with E-state index in [0.717, 1.165) is 62.5 Å². The molecule has 0 aliphatic carbocycles. The summed E-state index contributed by atoms with van der Waals surface area (Å²) in [5.74, 6) is 0.975. The van der Waals surface area contributed by atoms with Gasteiger partial charge in [-0.15, -0.1) is 0 Å². The quantitative estimate of drug-likeness (QED) is 0.429. The Kier molecular flexibility index (Phi) is 8.61. The summed E-state index contributed by atoms with van der Waals surface area (Å²) < 4.78 is 6.26. The van der Waals surface area contributed by atoms with Crippen LogP contribution in [0.15, 0.2) is 47.1 Å². The highest BCUT2D eigenvalue weighted by molar-refractivity contribution is 5.50. The number of rotatable bonds is 9. The van der Waals surface area contributed by atoms with Gasteiger partial charge in [-0.05, 0) is 110 Å². The Morgan fingerprint density at radius 2 is 1.62 bits per heavy atom. The van der Waals surface area contributed by atoms with E-state index >= 15 is 0 Å². The molecular weight excluding hydrogens is 356 g/mol. The lowest BCUT2D eigenvalue weighted by atomic mass is 9.88. The zero-order chi connectivity index (χ0) is 21.4. The van der Waals surface area contributed by atoms with E-state index in [1.807, 2.05) is 6.92 Å². The van der Waals surface area contributed by atoms with Crippen molar-refractivity contribution in [3.05, 3.63) is 58.2 Å². The van der Waals surface area contributed by atoms with E-state index in [2.05, 4.69) is 58.9 Å². The molecule has 1 aromatic carbocycles. The van der Waals surface area contributed by atoms with Crippen LogP contribution >= 0.6 is 0 Å². The smallest absolute Gasteiger partial charge is 0.164 e. The first-order valence-electron chi connectivity index (χ1n) is 11.1. The number of aromatic hydroxyl groups is 1. The van der Waals surface area contributed by atoms with Crippen molar-refractivity contribution in [1.82, 2.24) is 0 Å². The number of aryl methyl sites for hydroxylation is 2. The van der Waals surface area contributed by atoms with Gasteiger partial charge in [-0.1, -0.05) is 41.0 Å². The van der Waals surface area contributed by atoms with E-state index in [-0.39, 0.29) is 11.4 Å². The second kappa shape index (κ2) is 10.7. The van der Waals surface area contributed by atoms with E-state index < -0.39 is 0 Å². The van der Waals surface area contributed by atoms with Crippen LogP contribution in [0, 0.1) is 6.92 Å². The fraction of sp³-hybridized carbons (Fsp3) is 0.556. The molecule has 1 N–H and O–H groups in total. The van der Waals surface area contributed by atoms with Crippen molar-refractivity contribution in [2.45, 2.75) is 98.5 Å². The van der Waals surface area contributed by atoms with Gasteiger partial charge >= 0.3 is 0 Å². The SMILES string of the molecule is CC(C)=CCC/C(C)=C/CC/C(C)=C/CCC1(C)CCc2cc(C)cc(O)c2O1. The zero-order valence-corrected chi connectivity index (χ0v) is 19.4. The number of benzene rings is 1. The molecule has 2 rings (SSSR count). The molecule has 0 aromatic heterocycles. The number of phenols is 1. The monoisotopic (exact) mass is 396 g/mol. The minimum absolute atomic E-state index is 0.196. The van der Waals surface area contributed by atoms with Crippen molar-refractivity contribution in [2.24, 2.45) is 0 Å². The molecule has 29 heavy (non-hydrogen) atoms. The second-order valence-corrected chi connectivity index (χ2v) is 9.32. The van der Waals surface area contributed by atoms with Crippen LogP contribution in [0.2, 0.25) is 0 Å². The van der Waals surface area contributed by atoms with Crippen LogP contribution in [0.1, 0.15) is 90.7 Å². The average molecular weight is 397 g/mol. The third-order valence-electron chi connectivity index (χ3n) is 5.85. The number of phenolic OH excluding ortho intramolecular Hbond substituents is 1. The molecule has 1 aliphatic rings. The van der Waals surface area contributed by atoms with Gasteiger partial charge in [-0.2, -0.15) is 0 Å². The second-order valence-electron chi connectivity index (χ2n) is 9.32. The maximum Gasteiger partial charge on any atom is 0.164 e. The molecule has 2 nitrogen and oxygen atoms in total. The lowest BCUT2D eigenvalue weighted by Gasteiger charge is -2.36. The third-order valence-corrected chi connectivity index (χ3v) is 5.85. The van der Waals surface area contributed by atoms with Crippen molar-refractivity contribution < 1.29 is 9.84 Å². The Labute approximate surface area is 178 Å². The fourth-order valence-corrected chi connectivity index (χ4v) is 3.97. The molecule has 0 bridgehead atoms. The Bertz CT molecular complexity index is 778. The maximum atomic E-state index is 10.3. The molecule has 0 radical (unpaired) electrons. The predicted molar refractivity (Wildman–Crippen MR) is 125 cm³/mol.